The first-order valence-electron chi connectivity index (χ1n) is 7.05. The number of nitrogens with zero attached hydrogens (tertiary/aromatic N) is 2. The summed E-state index contributed by atoms with van der Waals surface area (Å²) in [4.78, 5) is 13.7. The van der Waals surface area contributed by atoms with Crippen LogP contribution >= 0.6 is 0 Å². The highest BCUT2D eigenvalue weighted by molar-refractivity contribution is 5.75. The molecule has 0 saturated carbocycles. The fourth-order valence-electron chi connectivity index (χ4n) is 3.07. The van der Waals surface area contributed by atoms with Gasteiger partial charge in [-0.25, -0.2) is 0 Å². The van der Waals surface area contributed by atoms with Crippen molar-refractivity contribution in [3.05, 3.63) is 35.4 Å². The van der Waals surface area contributed by atoms with Gasteiger partial charge in [0.15, 0.2) is 0 Å². The molecule has 0 radical (unpaired) electrons. The number of likely N-dealkylation sites (tertiary alicyclic amines) is 1. The zero-order valence-electron chi connectivity index (χ0n) is 11.8. The van der Waals surface area contributed by atoms with Gasteiger partial charge in [0.1, 0.15) is 0 Å². The van der Waals surface area contributed by atoms with Gasteiger partial charge in [-0.05, 0) is 31.0 Å². The summed E-state index contributed by atoms with van der Waals surface area (Å²) in [7, 11) is 0. The van der Waals surface area contributed by atoms with Crippen LogP contribution in [0.4, 0.5) is 0 Å². The van der Waals surface area contributed by atoms with E-state index in [9.17, 15) is 9.90 Å². The molecule has 1 fully saturated rings. The minimum Gasteiger partial charge on any atom is -0.481 e. The van der Waals surface area contributed by atoms with Crippen LogP contribution in [-0.4, -0.2) is 29.1 Å². The second kappa shape index (κ2) is 6.06. The molecule has 0 amide bonds. The van der Waals surface area contributed by atoms with Crippen molar-refractivity contribution < 1.29 is 9.90 Å². The maximum atomic E-state index is 11.6. The van der Waals surface area contributed by atoms with Gasteiger partial charge < -0.3 is 5.11 Å². The minimum absolute atomic E-state index is 0.579. The van der Waals surface area contributed by atoms with Crippen molar-refractivity contribution in [2.45, 2.75) is 32.7 Å². The molecule has 4 nitrogen and oxygen atoms in total. The fourth-order valence-corrected chi connectivity index (χ4v) is 3.07. The summed E-state index contributed by atoms with van der Waals surface area (Å²) in [6.07, 6.45) is 2.30. The van der Waals surface area contributed by atoms with Gasteiger partial charge in [-0.3, -0.25) is 9.69 Å². The Morgan fingerprint density at radius 2 is 2.25 bits per heavy atom. The Kier molecular flexibility index (Phi) is 4.41. The summed E-state index contributed by atoms with van der Waals surface area (Å²) in [6.45, 7) is 4.04. The molecule has 1 saturated heterocycles. The Morgan fingerprint density at radius 1 is 1.50 bits per heavy atom. The smallest absolute Gasteiger partial charge is 0.310 e. The van der Waals surface area contributed by atoms with E-state index in [1.807, 2.05) is 31.2 Å². The van der Waals surface area contributed by atoms with Crippen LogP contribution in [0.25, 0.3) is 0 Å². The zero-order chi connectivity index (χ0) is 14.6. The zero-order valence-corrected chi connectivity index (χ0v) is 11.8. The number of carbonyl (C=O) groups is 1. The SMILES string of the molecule is CCCC1(C(=O)O)CCN(Cc2ccccc2C#N)C1. The van der Waals surface area contributed by atoms with E-state index in [1.165, 1.54) is 0 Å². The van der Waals surface area contributed by atoms with Crippen molar-refractivity contribution >= 4 is 5.97 Å². The molecular weight excluding hydrogens is 252 g/mol. The largest absolute Gasteiger partial charge is 0.481 e. The fraction of sp³-hybridized carbons (Fsp3) is 0.500. The maximum Gasteiger partial charge on any atom is 0.310 e. The van der Waals surface area contributed by atoms with Crippen molar-refractivity contribution in [2.24, 2.45) is 5.41 Å². The topological polar surface area (TPSA) is 64.3 Å². The Hall–Kier alpha value is -1.86. The number of benzene rings is 1. The van der Waals surface area contributed by atoms with Gasteiger partial charge in [0, 0.05) is 13.1 Å². The minimum atomic E-state index is -0.685. The Labute approximate surface area is 119 Å². The van der Waals surface area contributed by atoms with E-state index in [4.69, 9.17) is 5.26 Å². The molecule has 1 unspecified atom stereocenters. The number of nitriles is 1. The average Bonchev–Trinajstić information content (AvgIpc) is 2.84. The first kappa shape index (κ1) is 14.5. The summed E-state index contributed by atoms with van der Waals surface area (Å²) in [6, 6.07) is 9.72. The van der Waals surface area contributed by atoms with E-state index in [2.05, 4.69) is 11.0 Å². The highest BCUT2D eigenvalue weighted by Crippen LogP contribution is 2.36. The molecule has 0 aliphatic carbocycles. The van der Waals surface area contributed by atoms with Crippen LogP contribution in [0.15, 0.2) is 24.3 Å². The predicted molar refractivity (Wildman–Crippen MR) is 76.0 cm³/mol. The number of carboxylic acid groups (broad SMARTS) is 1. The Bertz CT molecular complexity index is 536. The summed E-state index contributed by atoms with van der Waals surface area (Å²) < 4.78 is 0. The molecule has 4 heteroatoms. The lowest BCUT2D eigenvalue weighted by Gasteiger charge is -2.24. The molecule has 1 N–H and O–H groups in total. The summed E-state index contributed by atoms with van der Waals surface area (Å²) >= 11 is 0. The van der Waals surface area contributed by atoms with E-state index in [0.29, 0.717) is 25.1 Å². The van der Waals surface area contributed by atoms with Crippen LogP contribution in [0, 0.1) is 16.7 Å². The van der Waals surface area contributed by atoms with E-state index in [-0.39, 0.29) is 0 Å². The van der Waals surface area contributed by atoms with Gasteiger partial charge in [0.2, 0.25) is 0 Å². The number of carboxylic acids is 1. The lowest BCUT2D eigenvalue weighted by Crippen LogP contribution is -2.34. The molecule has 20 heavy (non-hydrogen) atoms. The van der Waals surface area contributed by atoms with E-state index in [1.54, 1.807) is 0 Å². The molecule has 106 valence electrons. The van der Waals surface area contributed by atoms with Gasteiger partial charge in [-0.2, -0.15) is 5.26 Å². The first-order valence-corrected chi connectivity index (χ1v) is 7.05. The molecular formula is C16H20N2O2. The molecule has 1 atom stereocenters. The van der Waals surface area contributed by atoms with Gasteiger partial charge in [-0.1, -0.05) is 31.5 Å². The third kappa shape index (κ3) is 2.83. The average molecular weight is 272 g/mol. The van der Waals surface area contributed by atoms with Crippen molar-refractivity contribution in [1.82, 2.24) is 4.90 Å². The lowest BCUT2D eigenvalue weighted by atomic mass is 9.83. The van der Waals surface area contributed by atoms with Gasteiger partial charge in [0.05, 0.1) is 17.0 Å². The van der Waals surface area contributed by atoms with Crippen LogP contribution < -0.4 is 0 Å². The Balaban J connectivity index is 2.10. The van der Waals surface area contributed by atoms with Crippen molar-refractivity contribution in [3.63, 3.8) is 0 Å². The van der Waals surface area contributed by atoms with Gasteiger partial charge in [-0.15, -0.1) is 0 Å². The molecule has 0 spiro atoms. The highest BCUT2D eigenvalue weighted by atomic mass is 16.4. The molecule has 2 rings (SSSR count). The van der Waals surface area contributed by atoms with Crippen LogP contribution in [-0.2, 0) is 11.3 Å². The predicted octanol–water partition coefficient (Wildman–Crippen LogP) is 2.64. The van der Waals surface area contributed by atoms with Crippen molar-refractivity contribution in [1.29, 1.82) is 5.26 Å². The second-order valence-electron chi connectivity index (χ2n) is 5.57. The van der Waals surface area contributed by atoms with Crippen molar-refractivity contribution in [3.8, 4) is 6.07 Å². The monoisotopic (exact) mass is 272 g/mol. The quantitative estimate of drug-likeness (QED) is 0.895. The van der Waals surface area contributed by atoms with Crippen molar-refractivity contribution in [2.75, 3.05) is 13.1 Å². The molecule has 1 aromatic rings. The lowest BCUT2D eigenvalue weighted by molar-refractivity contribution is -0.148. The van der Waals surface area contributed by atoms with Gasteiger partial charge >= 0.3 is 5.97 Å². The van der Waals surface area contributed by atoms with Crippen LogP contribution in [0.2, 0.25) is 0 Å². The second-order valence-corrected chi connectivity index (χ2v) is 5.57. The van der Waals surface area contributed by atoms with Crippen LogP contribution in [0.5, 0.6) is 0 Å². The number of hydrogen-bond donors (Lipinski definition) is 1. The molecule has 1 aromatic carbocycles. The first-order chi connectivity index (χ1) is 9.61. The van der Waals surface area contributed by atoms with E-state index in [0.717, 1.165) is 24.9 Å². The molecule has 1 aliphatic rings. The molecule has 0 aromatic heterocycles. The molecule has 1 heterocycles. The van der Waals surface area contributed by atoms with Gasteiger partial charge in [0.25, 0.3) is 0 Å². The summed E-state index contributed by atoms with van der Waals surface area (Å²) in [5, 5.41) is 18.6. The third-order valence-electron chi connectivity index (χ3n) is 4.15. The Morgan fingerprint density at radius 3 is 2.90 bits per heavy atom. The molecule has 0 bridgehead atoms. The highest BCUT2D eigenvalue weighted by Gasteiger charge is 2.43. The van der Waals surface area contributed by atoms with Crippen LogP contribution in [0.1, 0.15) is 37.3 Å². The number of aliphatic carboxylic acids is 1. The normalized spacial score (nSPS) is 22.6. The number of hydrogen-bond acceptors (Lipinski definition) is 3. The van der Waals surface area contributed by atoms with Crippen LogP contribution in [0.3, 0.4) is 0 Å². The standard InChI is InChI=1S/C16H20N2O2/c1-2-7-16(15(19)20)8-9-18(12-16)11-14-6-4-3-5-13(14)10-17/h3-6H,2,7-9,11-12H2,1H3,(H,19,20). The summed E-state index contributed by atoms with van der Waals surface area (Å²) in [5.74, 6) is -0.685. The number of rotatable bonds is 5. The summed E-state index contributed by atoms with van der Waals surface area (Å²) in [5.41, 5.74) is 1.06. The van der Waals surface area contributed by atoms with E-state index >= 15 is 0 Å². The third-order valence-corrected chi connectivity index (χ3v) is 4.15. The molecule has 1 aliphatic heterocycles. The maximum absolute atomic E-state index is 11.6. The van der Waals surface area contributed by atoms with E-state index < -0.39 is 11.4 Å².